The van der Waals surface area contributed by atoms with Gasteiger partial charge in [-0.1, -0.05) is 24.3 Å². The zero-order chi connectivity index (χ0) is 26.4. The first-order valence-electron chi connectivity index (χ1n) is 13.0. The Hall–Kier alpha value is -3.72. The molecule has 1 aliphatic heterocycles. The fourth-order valence-electron chi connectivity index (χ4n) is 5.97. The number of likely N-dealkylation sites (tertiary alicyclic amines) is 1. The Kier molecular flexibility index (Phi) is 6.18. The number of carbonyl (C=O) groups excluding carboxylic acids is 1. The van der Waals surface area contributed by atoms with Crippen LogP contribution in [-0.4, -0.2) is 45.1 Å². The number of hydrogen-bond acceptors (Lipinski definition) is 4. The van der Waals surface area contributed by atoms with Gasteiger partial charge in [-0.05, 0) is 86.5 Å². The number of nitrogens with zero attached hydrogens (tertiary/aromatic N) is 3. The molecule has 9 heteroatoms. The minimum atomic E-state index is -4.73. The number of carbonyl (C=O) groups is 1. The summed E-state index contributed by atoms with van der Waals surface area (Å²) < 4.78 is 41.0. The molecule has 1 fully saturated rings. The highest BCUT2D eigenvalue weighted by atomic mass is 19.4. The number of hydrogen-bond donors (Lipinski definition) is 2. The van der Waals surface area contributed by atoms with Crippen LogP contribution < -0.4 is 5.73 Å². The van der Waals surface area contributed by atoms with Crippen molar-refractivity contribution in [2.75, 3.05) is 13.1 Å². The minimum Gasteiger partial charge on any atom is -0.366 e. The van der Waals surface area contributed by atoms with E-state index in [0.29, 0.717) is 22.8 Å². The number of benzene rings is 2. The van der Waals surface area contributed by atoms with Crippen molar-refractivity contribution in [1.82, 2.24) is 20.1 Å². The lowest BCUT2D eigenvalue weighted by molar-refractivity contribution is -0.137. The average molecular weight is 520 g/mol. The van der Waals surface area contributed by atoms with Crippen molar-refractivity contribution in [3.8, 4) is 22.4 Å². The predicted octanol–water partition coefficient (Wildman–Crippen LogP) is 5.75. The molecular weight excluding hydrogens is 491 g/mol. The van der Waals surface area contributed by atoms with Crippen LogP contribution in [0.4, 0.5) is 13.2 Å². The SMILES string of the molecule is NC(=O)c1ccc(-c2[nH]nc3ncc(-c4ccc5c(c4)CCC(N4CCCC4)CC5)cc23)cc1C(F)(F)F. The number of primary amides is 1. The Morgan fingerprint density at radius 3 is 2.42 bits per heavy atom. The molecule has 2 aromatic carbocycles. The first-order valence-corrected chi connectivity index (χ1v) is 13.0. The molecule has 0 saturated carbocycles. The highest BCUT2D eigenvalue weighted by molar-refractivity contribution is 5.97. The average Bonchev–Trinajstić information content (AvgIpc) is 3.54. The zero-order valence-electron chi connectivity index (χ0n) is 20.8. The lowest BCUT2D eigenvalue weighted by atomic mass is 9.96. The molecule has 4 aromatic rings. The van der Waals surface area contributed by atoms with Gasteiger partial charge in [-0.2, -0.15) is 18.3 Å². The van der Waals surface area contributed by atoms with Crippen LogP contribution in [0.25, 0.3) is 33.4 Å². The van der Waals surface area contributed by atoms with E-state index in [4.69, 9.17) is 5.73 Å². The largest absolute Gasteiger partial charge is 0.417 e. The normalized spacial score (nSPS) is 18.4. The lowest BCUT2D eigenvalue weighted by Gasteiger charge is -2.25. The Labute approximate surface area is 218 Å². The van der Waals surface area contributed by atoms with Crippen molar-refractivity contribution in [3.05, 3.63) is 70.9 Å². The van der Waals surface area contributed by atoms with E-state index >= 15 is 0 Å². The summed E-state index contributed by atoms with van der Waals surface area (Å²) in [5.74, 6) is -1.13. The van der Waals surface area contributed by atoms with E-state index in [1.165, 1.54) is 49.5 Å². The Balaban J connectivity index is 1.34. The van der Waals surface area contributed by atoms with Gasteiger partial charge in [0.2, 0.25) is 5.91 Å². The van der Waals surface area contributed by atoms with Crippen molar-refractivity contribution in [2.45, 2.75) is 50.7 Å². The summed E-state index contributed by atoms with van der Waals surface area (Å²) in [6.07, 6.45) is 4.06. The standard InChI is InChI=1S/C29H28F3N5O/c30-29(31,32)25-15-20(7-10-23(25)27(33)38)26-24-14-21(16-34-28(24)36-35-26)19-4-3-17-5-8-22(9-6-18(17)13-19)37-11-1-2-12-37/h3-4,7,10,13-16,22H,1-2,5-6,8-9,11-12H2,(H2,33,38)(H,34,35,36). The monoisotopic (exact) mass is 519 g/mol. The number of alkyl halides is 3. The topological polar surface area (TPSA) is 87.9 Å². The van der Waals surface area contributed by atoms with Gasteiger partial charge >= 0.3 is 6.18 Å². The maximum Gasteiger partial charge on any atom is 0.417 e. The van der Waals surface area contributed by atoms with Gasteiger partial charge in [-0.25, -0.2) is 4.98 Å². The van der Waals surface area contributed by atoms with Gasteiger partial charge in [0.15, 0.2) is 5.65 Å². The number of amides is 1. The van der Waals surface area contributed by atoms with Crippen molar-refractivity contribution in [1.29, 1.82) is 0 Å². The van der Waals surface area contributed by atoms with E-state index < -0.39 is 23.2 Å². The number of halogens is 3. The van der Waals surface area contributed by atoms with Crippen LogP contribution in [0.2, 0.25) is 0 Å². The first-order chi connectivity index (χ1) is 18.3. The Morgan fingerprint density at radius 2 is 1.68 bits per heavy atom. The molecule has 1 unspecified atom stereocenters. The summed E-state index contributed by atoms with van der Waals surface area (Å²) in [5.41, 5.74) is 9.22. The molecule has 2 aliphatic rings. The van der Waals surface area contributed by atoms with E-state index in [9.17, 15) is 18.0 Å². The van der Waals surface area contributed by atoms with Gasteiger partial charge in [0.1, 0.15) is 0 Å². The molecule has 1 atom stereocenters. The Bertz CT molecular complexity index is 1520. The van der Waals surface area contributed by atoms with Crippen molar-refractivity contribution in [2.24, 2.45) is 5.73 Å². The zero-order valence-corrected chi connectivity index (χ0v) is 20.8. The van der Waals surface area contributed by atoms with Crippen molar-refractivity contribution >= 4 is 16.9 Å². The number of nitrogens with two attached hydrogens (primary N) is 1. The number of H-pyrrole nitrogens is 1. The summed E-state index contributed by atoms with van der Waals surface area (Å²) in [4.78, 5) is 18.7. The van der Waals surface area contributed by atoms with Crippen LogP contribution in [-0.2, 0) is 19.0 Å². The predicted molar refractivity (Wildman–Crippen MR) is 140 cm³/mol. The van der Waals surface area contributed by atoms with Crippen LogP contribution in [0.15, 0.2) is 48.7 Å². The fraction of sp³-hybridized carbons (Fsp3) is 0.345. The van der Waals surface area contributed by atoms with Crippen LogP contribution in [0.1, 0.15) is 52.7 Å². The van der Waals surface area contributed by atoms with E-state index in [1.54, 1.807) is 6.20 Å². The van der Waals surface area contributed by atoms with Crippen LogP contribution in [0, 0.1) is 0 Å². The van der Waals surface area contributed by atoms with Crippen molar-refractivity contribution in [3.63, 3.8) is 0 Å². The molecule has 38 heavy (non-hydrogen) atoms. The molecule has 1 saturated heterocycles. The van der Waals surface area contributed by atoms with Gasteiger partial charge < -0.3 is 10.6 Å². The third-order valence-corrected chi connectivity index (χ3v) is 7.98. The third kappa shape index (κ3) is 4.55. The van der Waals surface area contributed by atoms with Crippen LogP contribution >= 0.6 is 0 Å². The molecule has 0 spiro atoms. The van der Waals surface area contributed by atoms with Gasteiger partial charge in [0, 0.05) is 28.8 Å². The van der Waals surface area contributed by atoms with Gasteiger partial charge in [-0.15, -0.1) is 0 Å². The maximum atomic E-state index is 13.7. The Morgan fingerprint density at radius 1 is 0.947 bits per heavy atom. The molecule has 0 radical (unpaired) electrons. The maximum absolute atomic E-state index is 13.7. The smallest absolute Gasteiger partial charge is 0.366 e. The highest BCUT2D eigenvalue weighted by Gasteiger charge is 2.35. The molecule has 0 bridgehead atoms. The second kappa shape index (κ2) is 9.54. The number of nitrogens with one attached hydrogen (secondary N) is 1. The van der Waals surface area contributed by atoms with Gasteiger partial charge in [0.25, 0.3) is 0 Å². The molecular formula is C29H28F3N5O. The minimum absolute atomic E-state index is 0.249. The molecule has 196 valence electrons. The molecule has 3 heterocycles. The van der Waals surface area contributed by atoms with Crippen LogP contribution in [0.3, 0.4) is 0 Å². The molecule has 3 N–H and O–H groups in total. The second-order valence-electron chi connectivity index (χ2n) is 10.3. The number of fused-ring (bicyclic) bond motifs is 2. The summed E-state index contributed by atoms with van der Waals surface area (Å²) in [5, 5.41) is 7.62. The van der Waals surface area contributed by atoms with E-state index in [2.05, 4.69) is 38.3 Å². The second-order valence-corrected chi connectivity index (χ2v) is 10.3. The molecule has 6 rings (SSSR count). The van der Waals surface area contributed by atoms with Gasteiger partial charge in [0.05, 0.1) is 16.8 Å². The fourth-order valence-corrected chi connectivity index (χ4v) is 5.97. The van der Waals surface area contributed by atoms with E-state index in [-0.39, 0.29) is 5.56 Å². The van der Waals surface area contributed by atoms with E-state index in [0.717, 1.165) is 42.5 Å². The number of aryl methyl sites for hydroxylation is 2. The summed E-state index contributed by atoms with van der Waals surface area (Å²) in [6.45, 7) is 2.42. The number of aromatic amines is 1. The van der Waals surface area contributed by atoms with Crippen LogP contribution in [0.5, 0.6) is 0 Å². The van der Waals surface area contributed by atoms with E-state index in [1.807, 2.05) is 6.07 Å². The molecule has 6 nitrogen and oxygen atoms in total. The molecule has 1 aliphatic carbocycles. The van der Waals surface area contributed by atoms with Gasteiger partial charge in [-0.3, -0.25) is 9.89 Å². The number of aromatic nitrogens is 3. The lowest BCUT2D eigenvalue weighted by Crippen LogP contribution is -2.32. The highest BCUT2D eigenvalue weighted by Crippen LogP contribution is 2.37. The third-order valence-electron chi connectivity index (χ3n) is 7.98. The van der Waals surface area contributed by atoms with Crippen molar-refractivity contribution < 1.29 is 18.0 Å². The molecule has 1 amide bonds. The number of rotatable bonds is 4. The summed E-state index contributed by atoms with van der Waals surface area (Å²) in [7, 11) is 0. The first kappa shape index (κ1) is 24.6. The number of pyridine rings is 1. The summed E-state index contributed by atoms with van der Waals surface area (Å²) >= 11 is 0. The molecule has 2 aromatic heterocycles. The quantitative estimate of drug-likeness (QED) is 0.336. The summed E-state index contributed by atoms with van der Waals surface area (Å²) in [6, 6.07) is 12.5.